The summed E-state index contributed by atoms with van der Waals surface area (Å²) < 4.78 is 42.7. The molecular formula is C46H55N9O10P7S+. The molecule has 27 heteroatoms. The Kier molecular flexibility index (Phi) is 22.5. The van der Waals surface area contributed by atoms with Gasteiger partial charge in [0, 0.05) is 41.5 Å². The summed E-state index contributed by atoms with van der Waals surface area (Å²) >= 11 is 4.62. The SMILES string of the molecule is CN(COc1ccc(P(=NCOc2ccc(C=NN(C)P(S)Oc3ccc(CCN(CP(=O)(O)O)C[P+](O)(O)O)cc3)cc2)(c2ccccc2)c2ccccc2)cc1)N=Cc1ccc(OPP(P)N=[N+]=[N-])cc1. The quantitative estimate of drug-likeness (QED) is 0.00411. The zero-order chi connectivity index (χ0) is 52.3. The number of hydrogen-bond acceptors (Lipinski definition) is 16. The average Bonchev–Trinajstić information content (AvgIpc) is 3.37. The van der Waals surface area contributed by atoms with Gasteiger partial charge < -0.3 is 28.3 Å². The standard InChI is InChI=1S/C46H54N9O10P7S/c1-53(48-31-38-17-21-42(22-18-38)64-67-68(66)52-51-47)34-63-41-25-27-46(28-26-41)72(44-9-5-3-6-10-44,45-11-7-4-8-12-45)50-33-62-40-19-15-39(16-20-40)32-49-54(2)69(73)65-43-23-13-37(14-24-43)29-30-55(35-70(56,57)58)36-71(59,60)61/h3-28,31-32,56-58,67,73H,29-30,33-36,66H2,1-2H3,(H-,59,60,61)/p+1. The van der Waals surface area contributed by atoms with E-state index in [1.807, 2.05) is 104 Å². The van der Waals surface area contributed by atoms with Crippen LogP contribution in [0.5, 0.6) is 23.0 Å². The van der Waals surface area contributed by atoms with E-state index in [4.69, 9.17) is 28.8 Å². The van der Waals surface area contributed by atoms with Crippen LogP contribution in [-0.2, 0) is 11.0 Å². The Morgan fingerprint density at radius 2 is 1.26 bits per heavy atom. The van der Waals surface area contributed by atoms with Crippen LogP contribution in [0.15, 0.2) is 178 Å². The Hall–Kier alpha value is -4.51. The van der Waals surface area contributed by atoms with Gasteiger partial charge in [-0.2, -0.15) is 24.9 Å². The van der Waals surface area contributed by atoms with Crippen molar-refractivity contribution >= 4 is 95.6 Å². The number of rotatable bonds is 27. The highest BCUT2D eigenvalue weighted by atomic mass is 32.7. The molecule has 6 rings (SSSR count). The lowest BCUT2D eigenvalue weighted by Gasteiger charge is -2.27. The number of hydrogen-bond donors (Lipinski definition) is 6. The van der Waals surface area contributed by atoms with Gasteiger partial charge in [0.2, 0.25) is 0 Å². The summed E-state index contributed by atoms with van der Waals surface area (Å²) in [4.78, 5) is 54.7. The molecule has 0 aliphatic heterocycles. The summed E-state index contributed by atoms with van der Waals surface area (Å²) in [6.45, 7) is 0.364. The maximum absolute atomic E-state index is 11.5. The van der Waals surface area contributed by atoms with Gasteiger partial charge in [0.15, 0.2) is 19.7 Å². The highest BCUT2D eigenvalue weighted by molar-refractivity contribution is 8.46. The van der Waals surface area contributed by atoms with Crippen LogP contribution in [-0.4, -0.2) is 98.3 Å². The van der Waals surface area contributed by atoms with Gasteiger partial charge in [-0.3, -0.25) is 19.2 Å². The summed E-state index contributed by atoms with van der Waals surface area (Å²) in [6.07, 6.45) is 2.39. The summed E-state index contributed by atoms with van der Waals surface area (Å²) in [5, 5.41) is 13.9. The lowest BCUT2D eigenvalue weighted by molar-refractivity contribution is 0.158. The minimum absolute atomic E-state index is 0.0520. The van der Waals surface area contributed by atoms with Gasteiger partial charge in [-0.25, -0.2) is 4.78 Å². The molecule has 6 aromatic rings. The van der Waals surface area contributed by atoms with Crippen molar-refractivity contribution in [1.29, 1.82) is 0 Å². The molecule has 0 aliphatic carbocycles. The van der Waals surface area contributed by atoms with Gasteiger partial charge in [-0.05, 0) is 114 Å². The largest absolute Gasteiger partial charge is 0.472 e. The van der Waals surface area contributed by atoms with Gasteiger partial charge in [0.25, 0.3) is 7.50 Å². The monoisotopic (exact) mass is 1140 g/mol. The van der Waals surface area contributed by atoms with Gasteiger partial charge >= 0.3 is 15.5 Å². The predicted molar refractivity (Wildman–Crippen MR) is 306 cm³/mol. The third-order valence-corrected chi connectivity index (χ3v) is 20.5. The fraction of sp³-hybridized carbons (Fsp3) is 0.174. The maximum atomic E-state index is 11.5. The van der Waals surface area contributed by atoms with Crippen LogP contribution in [0, 0.1) is 0 Å². The van der Waals surface area contributed by atoms with Crippen molar-refractivity contribution in [3.8, 4) is 23.0 Å². The lowest BCUT2D eigenvalue weighted by atomic mass is 10.1. The second-order valence-electron chi connectivity index (χ2n) is 15.8. The summed E-state index contributed by atoms with van der Waals surface area (Å²) in [5.41, 5.74) is 11.1. The molecule has 0 saturated carbocycles. The van der Waals surface area contributed by atoms with E-state index in [0.717, 1.165) is 37.5 Å². The van der Waals surface area contributed by atoms with E-state index in [-0.39, 0.29) is 28.5 Å². The van der Waals surface area contributed by atoms with Gasteiger partial charge in [0.05, 0.1) is 26.9 Å². The van der Waals surface area contributed by atoms with Crippen LogP contribution in [0.2, 0.25) is 0 Å². The normalized spacial score (nSPS) is 13.0. The average molecular weight is 1140 g/mol. The Morgan fingerprint density at radius 3 is 1.82 bits per heavy atom. The minimum Gasteiger partial charge on any atom is -0.472 e. The third-order valence-electron chi connectivity index (χ3n) is 10.2. The topological polar surface area (TPSA) is 251 Å². The molecule has 5 N–H and O–H groups in total. The molecule has 384 valence electrons. The minimum atomic E-state index is -4.49. The smallest absolute Gasteiger partial charge is 0.419 e. The van der Waals surface area contributed by atoms with Crippen LogP contribution in [0.25, 0.3) is 10.4 Å². The number of benzene rings is 6. The molecule has 0 fully saturated rings. The number of azide groups is 1. The first-order valence-corrected chi connectivity index (χ1v) is 34.3. The Balaban J connectivity index is 1.06. The molecule has 0 aliphatic rings. The second kappa shape index (κ2) is 28.4. The molecule has 4 atom stereocenters. The van der Waals surface area contributed by atoms with Crippen molar-refractivity contribution in [2.75, 3.05) is 46.7 Å². The van der Waals surface area contributed by atoms with E-state index in [2.05, 4.69) is 77.6 Å². The number of ether oxygens (including phenoxy) is 2. The van der Waals surface area contributed by atoms with E-state index >= 15 is 0 Å². The van der Waals surface area contributed by atoms with Crippen LogP contribution in [0.3, 0.4) is 0 Å². The highest BCUT2D eigenvalue weighted by Crippen LogP contribution is 2.63. The fourth-order valence-electron chi connectivity index (χ4n) is 6.79. The van der Waals surface area contributed by atoms with E-state index < -0.39 is 50.1 Å². The van der Waals surface area contributed by atoms with Crippen molar-refractivity contribution in [2.45, 2.75) is 6.42 Å². The third kappa shape index (κ3) is 19.3. The van der Waals surface area contributed by atoms with Crippen molar-refractivity contribution in [3.63, 3.8) is 0 Å². The zero-order valence-corrected chi connectivity index (χ0v) is 47.0. The number of thiol groups is 1. The molecule has 0 saturated heterocycles. The molecule has 0 spiro atoms. The molecule has 0 aromatic heterocycles. The van der Waals surface area contributed by atoms with E-state index in [9.17, 15) is 29.0 Å². The van der Waals surface area contributed by atoms with Crippen LogP contribution in [0.1, 0.15) is 16.7 Å². The molecule has 0 heterocycles. The first-order chi connectivity index (χ1) is 35.0. The van der Waals surface area contributed by atoms with Crippen molar-refractivity contribution in [1.82, 2.24) is 14.7 Å². The maximum Gasteiger partial charge on any atom is 0.419 e. The number of nitrogens with zero attached hydrogens (tertiary/aromatic N) is 9. The zero-order valence-electron chi connectivity index (χ0n) is 39.5. The molecular weight excluding hydrogens is 1090 g/mol. The summed E-state index contributed by atoms with van der Waals surface area (Å²) in [5.74, 6) is 2.52. The van der Waals surface area contributed by atoms with Gasteiger partial charge in [0.1, 0.15) is 37.8 Å². The van der Waals surface area contributed by atoms with Gasteiger partial charge in [-0.15, -0.1) is 0 Å². The highest BCUT2D eigenvalue weighted by Gasteiger charge is 2.35. The predicted octanol–water partition coefficient (Wildman–Crippen LogP) is 10.1. The second-order valence-corrected chi connectivity index (χ2v) is 30.6. The first-order valence-electron chi connectivity index (χ1n) is 21.9. The van der Waals surface area contributed by atoms with E-state index in [1.165, 1.54) is 0 Å². The van der Waals surface area contributed by atoms with Crippen molar-refractivity contribution < 1.29 is 47.6 Å². The van der Waals surface area contributed by atoms with Crippen molar-refractivity contribution in [2.24, 2.45) is 19.8 Å². The molecule has 4 unspecified atom stereocenters. The Bertz CT molecular complexity index is 2830. The Labute approximate surface area is 436 Å². The Morgan fingerprint density at radius 1 is 0.740 bits per heavy atom. The summed E-state index contributed by atoms with van der Waals surface area (Å²) in [7, 11) is -7.67. The van der Waals surface area contributed by atoms with Crippen LogP contribution < -0.4 is 34.4 Å². The first kappa shape index (κ1) is 57.8. The van der Waals surface area contributed by atoms with E-state index in [1.54, 1.807) is 53.5 Å². The molecule has 6 aromatic carbocycles. The van der Waals surface area contributed by atoms with Crippen LogP contribution >= 0.6 is 67.2 Å². The van der Waals surface area contributed by atoms with Crippen LogP contribution in [0.4, 0.5) is 0 Å². The summed E-state index contributed by atoms with van der Waals surface area (Å²) in [6, 6.07) is 50.6. The number of hydrazone groups is 2. The molecule has 0 bridgehead atoms. The van der Waals surface area contributed by atoms with Crippen molar-refractivity contribution in [3.05, 3.63) is 185 Å². The fourth-order valence-corrected chi connectivity index (χ4v) is 14.8. The van der Waals surface area contributed by atoms with Gasteiger partial charge in [-0.1, -0.05) is 98.9 Å². The van der Waals surface area contributed by atoms with E-state index in [0.29, 0.717) is 29.4 Å². The molecule has 73 heavy (non-hydrogen) atoms. The lowest BCUT2D eigenvalue weighted by Crippen LogP contribution is -2.29. The molecule has 0 radical (unpaired) electrons. The molecule has 0 amide bonds. The molecule has 19 nitrogen and oxygen atoms in total.